The lowest BCUT2D eigenvalue weighted by molar-refractivity contribution is -0.380. The SMILES string of the molecule is O=[N+]([O-])c1cc(CNCc2cn[nH]c2)cs1. The van der Waals surface area contributed by atoms with Crippen molar-refractivity contribution in [3.8, 4) is 0 Å². The lowest BCUT2D eigenvalue weighted by Gasteiger charge is -1.99. The van der Waals surface area contributed by atoms with E-state index in [2.05, 4.69) is 15.5 Å². The first-order valence-electron chi connectivity index (χ1n) is 4.66. The number of nitrogens with one attached hydrogen (secondary N) is 2. The molecule has 0 aliphatic carbocycles. The summed E-state index contributed by atoms with van der Waals surface area (Å²) in [6, 6.07) is 1.59. The molecule has 6 nitrogen and oxygen atoms in total. The van der Waals surface area contributed by atoms with Gasteiger partial charge in [-0.05, 0) is 5.56 Å². The number of nitrogens with zero attached hydrogens (tertiary/aromatic N) is 2. The van der Waals surface area contributed by atoms with E-state index in [1.165, 1.54) is 0 Å². The van der Waals surface area contributed by atoms with Gasteiger partial charge in [0, 0.05) is 36.3 Å². The fourth-order valence-corrected chi connectivity index (χ4v) is 2.01. The van der Waals surface area contributed by atoms with Crippen LogP contribution in [-0.4, -0.2) is 15.1 Å². The maximum Gasteiger partial charge on any atom is 0.324 e. The largest absolute Gasteiger partial charge is 0.324 e. The number of aromatic nitrogens is 2. The van der Waals surface area contributed by atoms with Gasteiger partial charge in [0.2, 0.25) is 0 Å². The Bertz CT molecular complexity index is 466. The lowest BCUT2D eigenvalue weighted by atomic mass is 10.3. The van der Waals surface area contributed by atoms with E-state index < -0.39 is 0 Å². The summed E-state index contributed by atoms with van der Waals surface area (Å²) >= 11 is 1.15. The average molecular weight is 238 g/mol. The molecular formula is C9H10N4O2S. The fraction of sp³-hybridized carbons (Fsp3) is 0.222. The summed E-state index contributed by atoms with van der Waals surface area (Å²) < 4.78 is 0. The Morgan fingerprint density at radius 3 is 2.94 bits per heavy atom. The summed E-state index contributed by atoms with van der Waals surface area (Å²) in [5.41, 5.74) is 1.99. The first kappa shape index (κ1) is 10.8. The second-order valence-corrected chi connectivity index (χ2v) is 4.15. The molecule has 0 aliphatic rings. The molecule has 84 valence electrons. The lowest BCUT2D eigenvalue weighted by Crippen LogP contribution is -2.11. The zero-order chi connectivity index (χ0) is 11.4. The molecule has 2 N–H and O–H groups in total. The first-order chi connectivity index (χ1) is 7.75. The molecule has 0 aliphatic heterocycles. The standard InChI is InChI=1S/C9H10N4O2S/c14-13(15)9-1-7(6-16-9)2-10-3-8-4-11-12-5-8/h1,4-6,10H,2-3H2,(H,11,12). The van der Waals surface area contributed by atoms with Crippen molar-refractivity contribution in [2.45, 2.75) is 13.1 Å². The van der Waals surface area contributed by atoms with Crippen molar-refractivity contribution in [3.63, 3.8) is 0 Å². The number of hydrogen-bond acceptors (Lipinski definition) is 5. The second-order valence-electron chi connectivity index (χ2n) is 3.26. The molecule has 0 amide bonds. The molecule has 0 saturated carbocycles. The summed E-state index contributed by atoms with van der Waals surface area (Å²) in [5, 5.41) is 22.2. The van der Waals surface area contributed by atoms with Crippen LogP contribution in [0.15, 0.2) is 23.8 Å². The number of rotatable bonds is 5. The van der Waals surface area contributed by atoms with E-state index in [4.69, 9.17) is 0 Å². The van der Waals surface area contributed by atoms with Gasteiger partial charge in [0.1, 0.15) is 0 Å². The van der Waals surface area contributed by atoms with Crippen molar-refractivity contribution in [1.82, 2.24) is 15.5 Å². The molecule has 0 bridgehead atoms. The normalized spacial score (nSPS) is 10.5. The number of thiophene rings is 1. The quantitative estimate of drug-likeness (QED) is 0.613. The minimum absolute atomic E-state index is 0.181. The van der Waals surface area contributed by atoms with Crippen LogP contribution in [0.5, 0.6) is 0 Å². The molecule has 2 rings (SSSR count). The molecule has 0 unspecified atom stereocenters. The number of nitro groups is 1. The summed E-state index contributed by atoms with van der Waals surface area (Å²) in [5.74, 6) is 0. The van der Waals surface area contributed by atoms with Gasteiger partial charge in [-0.25, -0.2) is 0 Å². The van der Waals surface area contributed by atoms with Gasteiger partial charge in [0.15, 0.2) is 0 Å². The molecule has 0 aromatic carbocycles. The van der Waals surface area contributed by atoms with Crippen molar-refractivity contribution >= 4 is 16.3 Å². The highest BCUT2D eigenvalue weighted by molar-refractivity contribution is 7.13. The molecular weight excluding hydrogens is 228 g/mol. The van der Waals surface area contributed by atoms with Crippen LogP contribution in [-0.2, 0) is 13.1 Å². The van der Waals surface area contributed by atoms with Crippen LogP contribution in [0.2, 0.25) is 0 Å². The van der Waals surface area contributed by atoms with Crippen LogP contribution >= 0.6 is 11.3 Å². The highest BCUT2D eigenvalue weighted by Gasteiger charge is 2.08. The third-order valence-electron chi connectivity index (χ3n) is 2.03. The number of H-pyrrole nitrogens is 1. The number of hydrogen-bond donors (Lipinski definition) is 2. The van der Waals surface area contributed by atoms with Gasteiger partial charge >= 0.3 is 5.00 Å². The van der Waals surface area contributed by atoms with Crippen LogP contribution in [0.4, 0.5) is 5.00 Å². The zero-order valence-electron chi connectivity index (χ0n) is 8.34. The molecule has 0 atom stereocenters. The Morgan fingerprint density at radius 2 is 2.31 bits per heavy atom. The van der Waals surface area contributed by atoms with Crippen molar-refractivity contribution in [3.05, 3.63) is 45.1 Å². The van der Waals surface area contributed by atoms with Crippen molar-refractivity contribution < 1.29 is 4.92 Å². The average Bonchev–Trinajstić information content (AvgIpc) is 2.87. The van der Waals surface area contributed by atoms with Crippen LogP contribution in [0.3, 0.4) is 0 Å². The molecule has 2 aromatic rings. The van der Waals surface area contributed by atoms with E-state index in [0.29, 0.717) is 13.1 Å². The van der Waals surface area contributed by atoms with Crippen LogP contribution < -0.4 is 5.32 Å². The minimum atomic E-state index is -0.371. The maximum absolute atomic E-state index is 10.5. The Balaban J connectivity index is 1.83. The van der Waals surface area contributed by atoms with E-state index in [-0.39, 0.29) is 9.92 Å². The van der Waals surface area contributed by atoms with Gasteiger partial charge in [-0.3, -0.25) is 15.2 Å². The van der Waals surface area contributed by atoms with Gasteiger partial charge < -0.3 is 5.32 Å². The third-order valence-corrected chi connectivity index (χ3v) is 2.96. The molecule has 0 fully saturated rings. The van der Waals surface area contributed by atoms with Gasteiger partial charge in [-0.2, -0.15) is 5.10 Å². The van der Waals surface area contributed by atoms with E-state index in [1.807, 2.05) is 6.20 Å². The highest BCUT2D eigenvalue weighted by Crippen LogP contribution is 2.22. The Kier molecular flexibility index (Phi) is 3.28. The van der Waals surface area contributed by atoms with Gasteiger partial charge in [-0.1, -0.05) is 11.3 Å². The zero-order valence-corrected chi connectivity index (χ0v) is 9.16. The minimum Gasteiger partial charge on any atom is -0.308 e. The van der Waals surface area contributed by atoms with Crippen molar-refractivity contribution in [2.75, 3.05) is 0 Å². The third kappa shape index (κ3) is 2.65. The Morgan fingerprint density at radius 1 is 1.50 bits per heavy atom. The van der Waals surface area contributed by atoms with E-state index >= 15 is 0 Å². The van der Waals surface area contributed by atoms with E-state index in [1.54, 1.807) is 17.6 Å². The van der Waals surface area contributed by atoms with E-state index in [0.717, 1.165) is 22.5 Å². The van der Waals surface area contributed by atoms with Crippen LogP contribution in [0.1, 0.15) is 11.1 Å². The summed E-state index contributed by atoms with van der Waals surface area (Å²) in [6.07, 6.45) is 3.55. The first-order valence-corrected chi connectivity index (χ1v) is 5.54. The predicted octanol–water partition coefficient (Wildman–Crippen LogP) is 1.67. The summed E-state index contributed by atoms with van der Waals surface area (Å²) in [6.45, 7) is 1.32. The fourth-order valence-electron chi connectivity index (χ4n) is 1.28. The van der Waals surface area contributed by atoms with Crippen molar-refractivity contribution in [1.29, 1.82) is 0 Å². The van der Waals surface area contributed by atoms with Crippen LogP contribution in [0, 0.1) is 10.1 Å². The molecule has 0 spiro atoms. The highest BCUT2D eigenvalue weighted by atomic mass is 32.1. The maximum atomic E-state index is 10.5. The molecule has 2 heterocycles. The molecule has 7 heteroatoms. The molecule has 2 aromatic heterocycles. The molecule has 16 heavy (non-hydrogen) atoms. The summed E-state index contributed by atoms with van der Waals surface area (Å²) in [4.78, 5) is 10.1. The van der Waals surface area contributed by atoms with Gasteiger partial charge in [0.25, 0.3) is 0 Å². The Labute approximate surface area is 95.5 Å². The van der Waals surface area contributed by atoms with Crippen molar-refractivity contribution in [2.24, 2.45) is 0 Å². The monoisotopic (exact) mass is 238 g/mol. The molecule has 0 radical (unpaired) electrons. The predicted molar refractivity (Wildman–Crippen MR) is 60.1 cm³/mol. The van der Waals surface area contributed by atoms with Gasteiger partial charge in [0.05, 0.1) is 11.1 Å². The summed E-state index contributed by atoms with van der Waals surface area (Å²) in [7, 11) is 0. The van der Waals surface area contributed by atoms with Gasteiger partial charge in [-0.15, -0.1) is 0 Å². The Hall–Kier alpha value is -1.73. The smallest absolute Gasteiger partial charge is 0.308 e. The second kappa shape index (κ2) is 4.86. The van der Waals surface area contributed by atoms with Crippen LogP contribution in [0.25, 0.3) is 0 Å². The molecule has 0 saturated heterocycles. The van der Waals surface area contributed by atoms with E-state index in [9.17, 15) is 10.1 Å². The topological polar surface area (TPSA) is 83.8 Å². The number of aromatic amines is 1.